The van der Waals surface area contributed by atoms with Crippen LogP contribution in [0.4, 0.5) is 0 Å². The summed E-state index contributed by atoms with van der Waals surface area (Å²) in [5, 5.41) is 12.1. The largest absolute Gasteiger partial charge is 0.396 e. The van der Waals surface area contributed by atoms with Gasteiger partial charge in [0, 0.05) is 18.0 Å². The third-order valence-corrected chi connectivity index (χ3v) is 3.48. The van der Waals surface area contributed by atoms with Gasteiger partial charge in [-0.2, -0.15) is 0 Å². The number of nitrogens with zero attached hydrogens (tertiary/aromatic N) is 1. The van der Waals surface area contributed by atoms with Crippen molar-refractivity contribution in [1.82, 2.24) is 10.3 Å². The van der Waals surface area contributed by atoms with E-state index in [0.717, 1.165) is 31.6 Å². The molecule has 0 spiro atoms. The molecule has 0 aromatic carbocycles. The molecule has 0 amide bonds. The normalized spacial score (nSPS) is 13.0. The summed E-state index contributed by atoms with van der Waals surface area (Å²) in [5.41, 5.74) is 3.06. The first kappa shape index (κ1) is 12.6. The SMILES string of the molecule is Cc1ncsc1CCNCC(C)CCO. The second-order valence-electron chi connectivity index (χ2n) is 3.93. The van der Waals surface area contributed by atoms with Gasteiger partial charge in [0.2, 0.25) is 0 Å². The summed E-state index contributed by atoms with van der Waals surface area (Å²) in [5.74, 6) is 0.553. The van der Waals surface area contributed by atoms with Crippen LogP contribution in [-0.2, 0) is 6.42 Å². The topological polar surface area (TPSA) is 45.2 Å². The molecular weight excluding hydrogens is 208 g/mol. The lowest BCUT2D eigenvalue weighted by atomic mass is 10.1. The van der Waals surface area contributed by atoms with E-state index in [4.69, 9.17) is 5.11 Å². The minimum absolute atomic E-state index is 0.288. The number of nitrogens with one attached hydrogen (secondary N) is 1. The standard InChI is InChI=1S/C11H20N2OS/c1-9(4-6-14)7-12-5-3-11-10(2)13-8-15-11/h8-9,12,14H,3-7H2,1-2H3. The molecule has 1 aromatic rings. The molecule has 3 nitrogen and oxygen atoms in total. The number of aliphatic hydroxyl groups is 1. The third kappa shape index (κ3) is 4.73. The summed E-state index contributed by atoms with van der Waals surface area (Å²) < 4.78 is 0. The molecule has 86 valence electrons. The summed E-state index contributed by atoms with van der Waals surface area (Å²) in [6, 6.07) is 0. The predicted molar refractivity (Wildman–Crippen MR) is 64.3 cm³/mol. The number of hydrogen-bond donors (Lipinski definition) is 2. The van der Waals surface area contributed by atoms with Gasteiger partial charge in [0.1, 0.15) is 0 Å². The van der Waals surface area contributed by atoms with E-state index in [9.17, 15) is 0 Å². The molecule has 15 heavy (non-hydrogen) atoms. The van der Waals surface area contributed by atoms with Crippen molar-refractivity contribution in [2.45, 2.75) is 26.7 Å². The average molecular weight is 228 g/mol. The maximum atomic E-state index is 8.75. The van der Waals surface area contributed by atoms with Crippen molar-refractivity contribution in [3.8, 4) is 0 Å². The highest BCUT2D eigenvalue weighted by molar-refractivity contribution is 7.09. The maximum absolute atomic E-state index is 8.75. The second-order valence-corrected chi connectivity index (χ2v) is 4.87. The Morgan fingerprint density at radius 1 is 1.60 bits per heavy atom. The van der Waals surface area contributed by atoms with Crippen molar-refractivity contribution in [3.05, 3.63) is 16.1 Å². The maximum Gasteiger partial charge on any atom is 0.0797 e. The molecule has 0 aliphatic rings. The van der Waals surface area contributed by atoms with E-state index in [1.54, 1.807) is 11.3 Å². The molecule has 1 rings (SSSR count). The van der Waals surface area contributed by atoms with Crippen LogP contribution >= 0.6 is 11.3 Å². The first-order valence-corrected chi connectivity index (χ1v) is 6.32. The highest BCUT2D eigenvalue weighted by atomic mass is 32.1. The van der Waals surface area contributed by atoms with Crippen molar-refractivity contribution < 1.29 is 5.11 Å². The van der Waals surface area contributed by atoms with Crippen LogP contribution in [0, 0.1) is 12.8 Å². The predicted octanol–water partition coefficient (Wildman–Crippen LogP) is 1.60. The van der Waals surface area contributed by atoms with E-state index in [2.05, 4.69) is 24.1 Å². The highest BCUT2D eigenvalue weighted by Crippen LogP contribution is 2.11. The van der Waals surface area contributed by atoms with Crippen molar-refractivity contribution in [2.75, 3.05) is 19.7 Å². The van der Waals surface area contributed by atoms with Crippen molar-refractivity contribution >= 4 is 11.3 Å². The van der Waals surface area contributed by atoms with Crippen LogP contribution in [0.3, 0.4) is 0 Å². The Hall–Kier alpha value is -0.450. The smallest absolute Gasteiger partial charge is 0.0797 e. The van der Waals surface area contributed by atoms with Crippen molar-refractivity contribution in [2.24, 2.45) is 5.92 Å². The van der Waals surface area contributed by atoms with E-state index < -0.39 is 0 Å². The zero-order chi connectivity index (χ0) is 11.1. The summed E-state index contributed by atoms with van der Waals surface area (Å²) in [4.78, 5) is 5.59. The molecule has 1 aromatic heterocycles. The third-order valence-electron chi connectivity index (χ3n) is 2.49. The number of aromatic nitrogens is 1. The Kier molecular flexibility index (Phi) is 5.83. The molecule has 4 heteroatoms. The number of rotatable bonds is 7. The molecule has 0 saturated heterocycles. The Bertz CT molecular complexity index is 275. The Labute approximate surface area is 95.6 Å². The van der Waals surface area contributed by atoms with Gasteiger partial charge in [-0.25, -0.2) is 4.98 Å². The fraction of sp³-hybridized carbons (Fsp3) is 0.727. The molecule has 0 aliphatic heterocycles. The Morgan fingerprint density at radius 2 is 2.40 bits per heavy atom. The fourth-order valence-electron chi connectivity index (χ4n) is 1.44. The van der Waals surface area contributed by atoms with Gasteiger partial charge in [-0.05, 0) is 32.2 Å². The van der Waals surface area contributed by atoms with Crippen LogP contribution in [0.15, 0.2) is 5.51 Å². The van der Waals surface area contributed by atoms with Gasteiger partial charge in [0.05, 0.1) is 11.2 Å². The van der Waals surface area contributed by atoms with Gasteiger partial charge in [0.25, 0.3) is 0 Å². The van der Waals surface area contributed by atoms with Gasteiger partial charge in [0.15, 0.2) is 0 Å². The van der Waals surface area contributed by atoms with Crippen LogP contribution in [0.25, 0.3) is 0 Å². The van der Waals surface area contributed by atoms with E-state index in [0.29, 0.717) is 5.92 Å². The van der Waals surface area contributed by atoms with Gasteiger partial charge >= 0.3 is 0 Å². The van der Waals surface area contributed by atoms with Crippen LogP contribution < -0.4 is 5.32 Å². The molecular formula is C11H20N2OS. The fourth-order valence-corrected chi connectivity index (χ4v) is 2.22. The molecule has 1 unspecified atom stereocenters. The Morgan fingerprint density at radius 3 is 3.00 bits per heavy atom. The van der Waals surface area contributed by atoms with E-state index >= 15 is 0 Å². The quantitative estimate of drug-likeness (QED) is 0.697. The van der Waals surface area contributed by atoms with E-state index in [1.165, 1.54) is 4.88 Å². The Balaban J connectivity index is 2.09. The first-order valence-electron chi connectivity index (χ1n) is 5.44. The average Bonchev–Trinajstić information content (AvgIpc) is 2.60. The number of aliphatic hydroxyl groups excluding tert-OH is 1. The molecule has 0 saturated carbocycles. The van der Waals surface area contributed by atoms with E-state index in [1.807, 2.05) is 5.51 Å². The number of aryl methyl sites for hydroxylation is 1. The van der Waals surface area contributed by atoms with Gasteiger partial charge in [-0.1, -0.05) is 6.92 Å². The zero-order valence-electron chi connectivity index (χ0n) is 9.49. The van der Waals surface area contributed by atoms with Crippen LogP contribution in [0.1, 0.15) is 23.9 Å². The lowest BCUT2D eigenvalue weighted by Gasteiger charge is -2.10. The lowest BCUT2D eigenvalue weighted by Crippen LogP contribution is -2.24. The lowest BCUT2D eigenvalue weighted by molar-refractivity contribution is 0.260. The molecule has 0 bridgehead atoms. The van der Waals surface area contributed by atoms with Gasteiger partial charge < -0.3 is 10.4 Å². The van der Waals surface area contributed by atoms with Crippen LogP contribution in [0.2, 0.25) is 0 Å². The molecule has 0 fully saturated rings. The van der Waals surface area contributed by atoms with Crippen LogP contribution in [-0.4, -0.2) is 29.8 Å². The monoisotopic (exact) mass is 228 g/mol. The molecule has 1 atom stereocenters. The minimum atomic E-state index is 0.288. The first-order chi connectivity index (χ1) is 7.24. The summed E-state index contributed by atoms with van der Waals surface area (Å²) in [6.45, 7) is 6.48. The molecule has 0 aliphatic carbocycles. The van der Waals surface area contributed by atoms with E-state index in [-0.39, 0.29) is 6.61 Å². The molecule has 1 heterocycles. The molecule has 2 N–H and O–H groups in total. The summed E-state index contributed by atoms with van der Waals surface area (Å²) in [7, 11) is 0. The van der Waals surface area contributed by atoms with Gasteiger partial charge in [-0.15, -0.1) is 11.3 Å². The minimum Gasteiger partial charge on any atom is -0.396 e. The van der Waals surface area contributed by atoms with Crippen molar-refractivity contribution in [1.29, 1.82) is 0 Å². The number of thiazole rings is 1. The van der Waals surface area contributed by atoms with Gasteiger partial charge in [-0.3, -0.25) is 0 Å². The zero-order valence-corrected chi connectivity index (χ0v) is 10.3. The van der Waals surface area contributed by atoms with Crippen LogP contribution in [0.5, 0.6) is 0 Å². The molecule has 0 radical (unpaired) electrons. The van der Waals surface area contributed by atoms with Crippen molar-refractivity contribution in [3.63, 3.8) is 0 Å². The number of hydrogen-bond acceptors (Lipinski definition) is 4. The highest BCUT2D eigenvalue weighted by Gasteiger charge is 2.02. The summed E-state index contributed by atoms with van der Waals surface area (Å²) >= 11 is 1.73. The summed E-state index contributed by atoms with van der Waals surface area (Å²) in [6.07, 6.45) is 1.94. The second kappa shape index (κ2) is 6.93.